The van der Waals surface area contributed by atoms with Crippen molar-refractivity contribution < 1.29 is 19.4 Å². The van der Waals surface area contributed by atoms with Gasteiger partial charge in [0.2, 0.25) is 0 Å². The fourth-order valence-corrected chi connectivity index (χ4v) is 1.72. The van der Waals surface area contributed by atoms with Crippen LogP contribution in [-0.2, 0) is 16.0 Å². The first-order valence-corrected chi connectivity index (χ1v) is 6.35. The molecule has 0 bridgehead atoms. The summed E-state index contributed by atoms with van der Waals surface area (Å²) in [6, 6.07) is 6.62. The number of aliphatic carboxylic acids is 1. The van der Waals surface area contributed by atoms with Crippen LogP contribution in [0.4, 0.5) is 10.5 Å². The highest BCUT2D eigenvalue weighted by atomic mass is 16.5. The minimum Gasteiger partial charge on any atom is -0.481 e. The Bertz CT molecular complexity index is 462. The number of carbonyl (C=O) groups is 2. The number of ether oxygens (including phenoxy) is 1. The van der Waals surface area contributed by atoms with Crippen LogP contribution in [-0.4, -0.2) is 49.3 Å². The standard InChI is InChI=1S/C14H20N2O4/c1-16(8-5-9-20-2)14(19)15-12-7-4-3-6-11(12)10-13(17)18/h3-4,6-7H,5,8-10H2,1-2H3,(H,15,19)(H,17,18). The second-order valence-corrected chi connectivity index (χ2v) is 4.43. The van der Waals surface area contributed by atoms with Gasteiger partial charge < -0.3 is 20.1 Å². The van der Waals surface area contributed by atoms with Crippen molar-refractivity contribution in [3.63, 3.8) is 0 Å². The number of carbonyl (C=O) groups excluding carboxylic acids is 1. The molecule has 20 heavy (non-hydrogen) atoms. The monoisotopic (exact) mass is 280 g/mol. The molecule has 0 atom stereocenters. The van der Waals surface area contributed by atoms with Gasteiger partial charge in [0, 0.05) is 33.0 Å². The van der Waals surface area contributed by atoms with Gasteiger partial charge in [0.1, 0.15) is 0 Å². The normalized spacial score (nSPS) is 10.1. The van der Waals surface area contributed by atoms with Gasteiger partial charge in [-0.1, -0.05) is 18.2 Å². The quantitative estimate of drug-likeness (QED) is 0.747. The van der Waals surface area contributed by atoms with Gasteiger partial charge in [-0.3, -0.25) is 4.79 Å². The van der Waals surface area contributed by atoms with Gasteiger partial charge in [-0.25, -0.2) is 4.79 Å². The first-order valence-electron chi connectivity index (χ1n) is 6.35. The lowest BCUT2D eigenvalue weighted by Gasteiger charge is -2.18. The summed E-state index contributed by atoms with van der Waals surface area (Å²) in [6.07, 6.45) is 0.626. The summed E-state index contributed by atoms with van der Waals surface area (Å²) in [5, 5.41) is 11.6. The molecule has 0 aliphatic heterocycles. The van der Waals surface area contributed by atoms with Gasteiger partial charge in [0.15, 0.2) is 0 Å². The molecule has 0 aromatic heterocycles. The highest BCUT2D eigenvalue weighted by molar-refractivity contribution is 5.90. The summed E-state index contributed by atoms with van der Waals surface area (Å²) in [5.74, 6) is -0.930. The van der Waals surface area contributed by atoms with E-state index in [0.29, 0.717) is 24.4 Å². The lowest BCUT2D eigenvalue weighted by Crippen LogP contribution is -2.33. The second kappa shape index (κ2) is 8.16. The van der Waals surface area contributed by atoms with Crippen LogP contribution in [0.2, 0.25) is 0 Å². The van der Waals surface area contributed by atoms with Gasteiger partial charge in [0.25, 0.3) is 0 Å². The molecular formula is C14H20N2O4. The van der Waals surface area contributed by atoms with Crippen molar-refractivity contribution in [1.82, 2.24) is 4.90 Å². The van der Waals surface area contributed by atoms with Gasteiger partial charge in [-0.2, -0.15) is 0 Å². The summed E-state index contributed by atoms with van der Waals surface area (Å²) in [5.41, 5.74) is 1.11. The van der Waals surface area contributed by atoms with E-state index in [2.05, 4.69) is 5.32 Å². The number of urea groups is 1. The predicted molar refractivity (Wildman–Crippen MR) is 75.9 cm³/mol. The van der Waals surface area contributed by atoms with Crippen molar-refractivity contribution in [2.45, 2.75) is 12.8 Å². The van der Waals surface area contributed by atoms with Crippen molar-refractivity contribution in [1.29, 1.82) is 0 Å². The molecule has 110 valence electrons. The van der Waals surface area contributed by atoms with Crippen molar-refractivity contribution in [2.24, 2.45) is 0 Å². The maximum absolute atomic E-state index is 12.0. The topological polar surface area (TPSA) is 78.9 Å². The molecule has 0 heterocycles. The van der Waals surface area contributed by atoms with Crippen LogP contribution in [0.15, 0.2) is 24.3 Å². The fourth-order valence-electron chi connectivity index (χ4n) is 1.72. The van der Waals surface area contributed by atoms with Gasteiger partial charge in [-0.15, -0.1) is 0 Å². The average Bonchev–Trinajstić information content (AvgIpc) is 2.40. The van der Waals surface area contributed by atoms with Crippen molar-refractivity contribution >= 4 is 17.7 Å². The first-order chi connectivity index (χ1) is 9.54. The Labute approximate surface area is 118 Å². The number of carboxylic acid groups (broad SMARTS) is 1. The van der Waals surface area contributed by atoms with E-state index in [4.69, 9.17) is 9.84 Å². The van der Waals surface area contributed by atoms with E-state index < -0.39 is 5.97 Å². The molecule has 1 rings (SSSR count). The third-order valence-electron chi connectivity index (χ3n) is 2.79. The molecule has 2 amide bonds. The van der Waals surface area contributed by atoms with Crippen LogP contribution in [0.5, 0.6) is 0 Å². The number of hydrogen-bond acceptors (Lipinski definition) is 3. The Morgan fingerprint density at radius 3 is 2.70 bits per heavy atom. The Balaban J connectivity index is 2.63. The average molecular weight is 280 g/mol. The minimum atomic E-state index is -0.930. The Kier molecular flexibility index (Phi) is 6.52. The number of anilines is 1. The van der Waals surface area contributed by atoms with Crippen LogP contribution >= 0.6 is 0 Å². The molecule has 0 aliphatic carbocycles. The summed E-state index contributed by atoms with van der Waals surface area (Å²) in [6.45, 7) is 1.16. The van der Waals surface area contributed by atoms with Crippen molar-refractivity contribution in [2.75, 3.05) is 32.6 Å². The molecule has 1 aromatic carbocycles. The molecule has 2 N–H and O–H groups in total. The molecule has 6 nitrogen and oxygen atoms in total. The zero-order chi connectivity index (χ0) is 15.0. The van der Waals surface area contributed by atoms with Crippen molar-refractivity contribution in [3.8, 4) is 0 Å². The molecule has 0 radical (unpaired) electrons. The summed E-state index contributed by atoms with van der Waals surface area (Å²) < 4.78 is 4.93. The highest BCUT2D eigenvalue weighted by Gasteiger charge is 2.12. The molecule has 0 unspecified atom stereocenters. The zero-order valence-corrected chi connectivity index (χ0v) is 11.8. The van der Waals surface area contributed by atoms with E-state index in [0.717, 1.165) is 6.42 Å². The SMILES string of the molecule is COCCCN(C)C(=O)Nc1ccccc1CC(=O)O. The second-order valence-electron chi connectivity index (χ2n) is 4.43. The number of nitrogens with one attached hydrogen (secondary N) is 1. The highest BCUT2D eigenvalue weighted by Crippen LogP contribution is 2.16. The lowest BCUT2D eigenvalue weighted by atomic mass is 10.1. The van der Waals surface area contributed by atoms with Crippen molar-refractivity contribution in [3.05, 3.63) is 29.8 Å². The molecule has 1 aromatic rings. The third kappa shape index (κ3) is 5.27. The zero-order valence-electron chi connectivity index (χ0n) is 11.8. The number of nitrogens with zero attached hydrogens (tertiary/aromatic N) is 1. The van der Waals surface area contributed by atoms with Crippen LogP contribution in [0.1, 0.15) is 12.0 Å². The van der Waals surface area contributed by atoms with Crippen LogP contribution in [0.25, 0.3) is 0 Å². The number of benzene rings is 1. The number of hydrogen-bond donors (Lipinski definition) is 2. The van der Waals surface area contributed by atoms with E-state index in [1.165, 1.54) is 4.90 Å². The molecular weight excluding hydrogens is 260 g/mol. The lowest BCUT2D eigenvalue weighted by molar-refractivity contribution is -0.136. The smallest absolute Gasteiger partial charge is 0.321 e. The van der Waals surface area contributed by atoms with E-state index in [1.54, 1.807) is 38.4 Å². The number of carboxylic acids is 1. The molecule has 6 heteroatoms. The number of rotatable bonds is 7. The Morgan fingerprint density at radius 2 is 2.05 bits per heavy atom. The predicted octanol–water partition coefficient (Wildman–Crippen LogP) is 1.81. The minimum absolute atomic E-state index is 0.121. The summed E-state index contributed by atoms with van der Waals surface area (Å²) in [4.78, 5) is 24.3. The van der Waals surface area contributed by atoms with Crippen LogP contribution in [0, 0.1) is 0 Å². The number of para-hydroxylation sites is 1. The van der Waals surface area contributed by atoms with Crippen LogP contribution < -0.4 is 5.32 Å². The third-order valence-corrected chi connectivity index (χ3v) is 2.79. The van der Waals surface area contributed by atoms with E-state index in [1.807, 2.05) is 0 Å². The Hall–Kier alpha value is -2.08. The van der Waals surface area contributed by atoms with Gasteiger partial charge >= 0.3 is 12.0 Å². The Morgan fingerprint density at radius 1 is 1.35 bits per heavy atom. The van der Waals surface area contributed by atoms with Gasteiger partial charge in [0.05, 0.1) is 6.42 Å². The molecule has 0 fully saturated rings. The largest absolute Gasteiger partial charge is 0.481 e. The molecule has 0 aliphatic rings. The molecule has 0 spiro atoms. The first kappa shape index (κ1) is 16.0. The van der Waals surface area contributed by atoms with E-state index in [-0.39, 0.29) is 12.5 Å². The number of methoxy groups -OCH3 is 1. The van der Waals surface area contributed by atoms with Crippen LogP contribution in [0.3, 0.4) is 0 Å². The fraction of sp³-hybridized carbons (Fsp3) is 0.429. The molecule has 0 saturated heterocycles. The number of amides is 2. The maximum atomic E-state index is 12.0. The summed E-state index contributed by atoms with van der Waals surface area (Å²) >= 11 is 0. The van der Waals surface area contributed by atoms with Gasteiger partial charge in [-0.05, 0) is 18.1 Å². The molecule has 0 saturated carbocycles. The maximum Gasteiger partial charge on any atom is 0.321 e. The summed E-state index contributed by atoms with van der Waals surface area (Å²) in [7, 11) is 3.30. The van der Waals surface area contributed by atoms with E-state index >= 15 is 0 Å². The van der Waals surface area contributed by atoms with E-state index in [9.17, 15) is 9.59 Å².